The van der Waals surface area contributed by atoms with Crippen molar-refractivity contribution in [3.05, 3.63) is 29.8 Å². The minimum Gasteiger partial charge on any atom is -0.508 e. The van der Waals surface area contributed by atoms with E-state index >= 15 is 0 Å². The fourth-order valence-corrected chi connectivity index (χ4v) is 0.814. The normalized spacial score (nSPS) is 12.0. The third kappa shape index (κ3) is 1.73. The van der Waals surface area contributed by atoms with Crippen LogP contribution in [-0.2, 0) is 0 Å². The predicted octanol–water partition coefficient (Wildman–Crippen LogP) is 1.03. The van der Waals surface area contributed by atoms with Crippen molar-refractivity contribution in [3.63, 3.8) is 0 Å². The van der Waals surface area contributed by atoms with Gasteiger partial charge in [-0.1, -0.05) is 18.1 Å². The summed E-state index contributed by atoms with van der Waals surface area (Å²) in [6, 6.07) is 6.20. The zero-order valence-corrected chi connectivity index (χ0v) is 5.99. The minimum atomic E-state index is -0.429. The van der Waals surface area contributed by atoms with Crippen molar-refractivity contribution in [2.45, 2.75) is 6.04 Å². The zero-order valence-electron chi connectivity index (χ0n) is 5.99. The first kappa shape index (κ1) is 7.64. The van der Waals surface area contributed by atoms with Gasteiger partial charge in [0.05, 0.1) is 6.04 Å². The smallest absolute Gasteiger partial charge is 0.115 e. The van der Waals surface area contributed by atoms with Crippen LogP contribution in [0.25, 0.3) is 0 Å². The molecule has 3 N–H and O–H groups in total. The Bertz CT molecular complexity index is 288. The summed E-state index contributed by atoms with van der Waals surface area (Å²) in [6.45, 7) is 0. The highest BCUT2D eigenvalue weighted by atomic mass is 16.3. The molecule has 0 fully saturated rings. The fourth-order valence-electron chi connectivity index (χ4n) is 0.814. The summed E-state index contributed by atoms with van der Waals surface area (Å²) >= 11 is 0. The molecule has 2 nitrogen and oxygen atoms in total. The number of rotatable bonds is 1. The molecular formula is C9H9NO. The maximum atomic E-state index is 9.03. The number of nitrogens with two attached hydrogens (primary N) is 1. The third-order valence-corrected chi connectivity index (χ3v) is 1.41. The molecule has 0 aliphatic carbocycles. The summed E-state index contributed by atoms with van der Waals surface area (Å²) in [5.41, 5.74) is 6.27. The van der Waals surface area contributed by atoms with Gasteiger partial charge in [-0.05, 0) is 17.7 Å². The van der Waals surface area contributed by atoms with E-state index in [1.54, 1.807) is 24.3 Å². The maximum Gasteiger partial charge on any atom is 0.115 e. The summed E-state index contributed by atoms with van der Waals surface area (Å²) in [6.07, 6.45) is 5.10. The first-order chi connectivity index (χ1) is 5.24. The van der Waals surface area contributed by atoms with E-state index < -0.39 is 6.04 Å². The van der Waals surface area contributed by atoms with E-state index in [-0.39, 0.29) is 5.75 Å². The molecule has 0 amide bonds. The van der Waals surface area contributed by atoms with Gasteiger partial charge in [-0.15, -0.1) is 6.42 Å². The fraction of sp³-hybridized carbons (Fsp3) is 0.111. The van der Waals surface area contributed by atoms with Crippen LogP contribution in [-0.4, -0.2) is 5.11 Å². The monoisotopic (exact) mass is 147 g/mol. The molecule has 1 atom stereocenters. The summed E-state index contributed by atoms with van der Waals surface area (Å²) in [5, 5.41) is 9.03. The van der Waals surface area contributed by atoms with Gasteiger partial charge in [-0.3, -0.25) is 0 Å². The van der Waals surface area contributed by atoms with Gasteiger partial charge < -0.3 is 10.8 Å². The third-order valence-electron chi connectivity index (χ3n) is 1.41. The lowest BCUT2D eigenvalue weighted by Gasteiger charge is -2.03. The molecule has 11 heavy (non-hydrogen) atoms. The quantitative estimate of drug-likeness (QED) is 0.583. The summed E-state index contributed by atoms with van der Waals surface area (Å²) in [7, 11) is 0. The molecule has 0 spiro atoms. The number of phenols is 1. The SMILES string of the molecule is C#C[C@@H](N)c1cccc(O)c1. The molecule has 0 aliphatic rings. The Labute approximate surface area is 65.7 Å². The van der Waals surface area contributed by atoms with E-state index in [2.05, 4.69) is 5.92 Å². The number of aromatic hydroxyl groups is 1. The van der Waals surface area contributed by atoms with E-state index in [1.165, 1.54) is 0 Å². The van der Waals surface area contributed by atoms with Crippen molar-refractivity contribution in [1.29, 1.82) is 0 Å². The van der Waals surface area contributed by atoms with Crippen LogP contribution >= 0.6 is 0 Å². The summed E-state index contributed by atoms with van der Waals surface area (Å²) < 4.78 is 0. The number of benzene rings is 1. The van der Waals surface area contributed by atoms with Gasteiger partial charge in [0.15, 0.2) is 0 Å². The van der Waals surface area contributed by atoms with Crippen LogP contribution in [0.1, 0.15) is 11.6 Å². The van der Waals surface area contributed by atoms with Gasteiger partial charge in [0.2, 0.25) is 0 Å². The van der Waals surface area contributed by atoms with Gasteiger partial charge in [0.25, 0.3) is 0 Å². The predicted molar refractivity (Wildman–Crippen MR) is 43.9 cm³/mol. The molecule has 0 bridgehead atoms. The van der Waals surface area contributed by atoms with Gasteiger partial charge in [-0.25, -0.2) is 0 Å². The summed E-state index contributed by atoms with van der Waals surface area (Å²) in [4.78, 5) is 0. The Morgan fingerprint density at radius 1 is 1.55 bits per heavy atom. The zero-order chi connectivity index (χ0) is 8.27. The van der Waals surface area contributed by atoms with Crippen molar-refractivity contribution in [3.8, 4) is 18.1 Å². The highest BCUT2D eigenvalue weighted by Crippen LogP contribution is 2.15. The van der Waals surface area contributed by atoms with Crippen LogP contribution in [0.4, 0.5) is 0 Å². The van der Waals surface area contributed by atoms with Crippen molar-refractivity contribution >= 4 is 0 Å². The average Bonchev–Trinajstić information content (AvgIpc) is 2.03. The first-order valence-corrected chi connectivity index (χ1v) is 3.24. The Morgan fingerprint density at radius 3 is 2.82 bits per heavy atom. The standard InChI is InChI=1S/C9H9NO/c1-2-9(10)7-4-3-5-8(11)6-7/h1,3-6,9,11H,10H2/t9-/m1/s1. The average molecular weight is 147 g/mol. The van der Waals surface area contributed by atoms with Crippen LogP contribution in [0.15, 0.2) is 24.3 Å². The number of phenolic OH excluding ortho intramolecular Hbond substituents is 1. The Kier molecular flexibility index (Phi) is 2.15. The summed E-state index contributed by atoms with van der Waals surface area (Å²) in [5.74, 6) is 2.56. The molecule has 0 saturated carbocycles. The van der Waals surface area contributed by atoms with E-state index in [4.69, 9.17) is 17.3 Å². The largest absolute Gasteiger partial charge is 0.508 e. The molecule has 0 radical (unpaired) electrons. The Morgan fingerprint density at radius 2 is 2.27 bits per heavy atom. The molecule has 0 aromatic heterocycles. The second-order valence-electron chi connectivity index (χ2n) is 2.24. The van der Waals surface area contributed by atoms with Gasteiger partial charge >= 0.3 is 0 Å². The topological polar surface area (TPSA) is 46.2 Å². The second-order valence-corrected chi connectivity index (χ2v) is 2.24. The van der Waals surface area contributed by atoms with E-state index in [0.29, 0.717) is 0 Å². The molecule has 0 unspecified atom stereocenters. The molecule has 0 saturated heterocycles. The van der Waals surface area contributed by atoms with Crippen LogP contribution in [0.3, 0.4) is 0 Å². The Hall–Kier alpha value is -1.46. The molecule has 1 rings (SSSR count). The number of hydrogen-bond acceptors (Lipinski definition) is 2. The molecule has 56 valence electrons. The van der Waals surface area contributed by atoms with Gasteiger partial charge in [0.1, 0.15) is 5.75 Å². The van der Waals surface area contributed by atoms with Crippen LogP contribution in [0.2, 0.25) is 0 Å². The van der Waals surface area contributed by atoms with Crippen molar-refractivity contribution in [2.75, 3.05) is 0 Å². The van der Waals surface area contributed by atoms with Crippen LogP contribution < -0.4 is 5.73 Å². The number of hydrogen-bond donors (Lipinski definition) is 2. The molecule has 1 aromatic rings. The van der Waals surface area contributed by atoms with E-state index in [1.807, 2.05) is 0 Å². The van der Waals surface area contributed by atoms with Crippen molar-refractivity contribution in [2.24, 2.45) is 5.73 Å². The minimum absolute atomic E-state index is 0.188. The van der Waals surface area contributed by atoms with E-state index in [9.17, 15) is 0 Å². The van der Waals surface area contributed by atoms with Crippen molar-refractivity contribution in [1.82, 2.24) is 0 Å². The lowest BCUT2D eigenvalue weighted by molar-refractivity contribution is 0.474. The molecule has 2 heteroatoms. The lowest BCUT2D eigenvalue weighted by atomic mass is 10.1. The van der Waals surface area contributed by atoms with E-state index in [0.717, 1.165) is 5.56 Å². The molecule has 0 aliphatic heterocycles. The molecule has 0 heterocycles. The van der Waals surface area contributed by atoms with Crippen LogP contribution in [0.5, 0.6) is 5.75 Å². The number of terminal acetylenes is 1. The highest BCUT2D eigenvalue weighted by molar-refractivity contribution is 5.32. The van der Waals surface area contributed by atoms with Crippen LogP contribution in [0, 0.1) is 12.3 Å². The molecule has 1 aromatic carbocycles. The van der Waals surface area contributed by atoms with Gasteiger partial charge in [-0.2, -0.15) is 0 Å². The van der Waals surface area contributed by atoms with Crippen molar-refractivity contribution < 1.29 is 5.11 Å². The first-order valence-electron chi connectivity index (χ1n) is 3.24. The lowest BCUT2D eigenvalue weighted by Crippen LogP contribution is -2.06. The second kappa shape index (κ2) is 3.09. The Balaban J connectivity index is 2.98. The molecular weight excluding hydrogens is 138 g/mol. The maximum absolute atomic E-state index is 9.03. The highest BCUT2D eigenvalue weighted by Gasteiger charge is 2.00. The van der Waals surface area contributed by atoms with Gasteiger partial charge in [0, 0.05) is 0 Å².